The first kappa shape index (κ1) is 13.1. The first-order valence-corrected chi connectivity index (χ1v) is 7.00. The Morgan fingerprint density at radius 2 is 2.00 bits per heavy atom. The van der Waals surface area contributed by atoms with Gasteiger partial charge in [0.1, 0.15) is 6.04 Å². The Balaban J connectivity index is 1.74. The highest BCUT2D eigenvalue weighted by Crippen LogP contribution is 2.22. The smallest absolute Gasteiger partial charge is 0.326 e. The molecule has 1 aromatic rings. The van der Waals surface area contributed by atoms with Gasteiger partial charge in [0.2, 0.25) is 5.91 Å². The summed E-state index contributed by atoms with van der Waals surface area (Å²) in [5.41, 5.74) is 2.39. The minimum Gasteiger partial charge on any atom is -0.480 e. The Kier molecular flexibility index (Phi) is 3.44. The van der Waals surface area contributed by atoms with Gasteiger partial charge in [0.25, 0.3) is 0 Å². The molecule has 1 amide bonds. The third kappa shape index (κ3) is 2.29. The molecule has 5 nitrogen and oxygen atoms in total. The van der Waals surface area contributed by atoms with E-state index in [1.807, 2.05) is 18.2 Å². The first-order valence-electron chi connectivity index (χ1n) is 7.00. The topological polar surface area (TPSA) is 69.6 Å². The highest BCUT2D eigenvalue weighted by molar-refractivity contribution is 5.88. The summed E-state index contributed by atoms with van der Waals surface area (Å²) in [4.78, 5) is 25.2. The fourth-order valence-electron chi connectivity index (χ4n) is 3.12. The van der Waals surface area contributed by atoms with Crippen LogP contribution in [0.25, 0.3) is 0 Å². The van der Waals surface area contributed by atoms with Crippen molar-refractivity contribution in [2.45, 2.75) is 37.9 Å². The zero-order valence-electron chi connectivity index (χ0n) is 11.2. The molecule has 106 valence electrons. The number of hydrogen-bond donors (Lipinski definition) is 2. The predicted molar refractivity (Wildman–Crippen MR) is 73.1 cm³/mol. The van der Waals surface area contributed by atoms with Crippen molar-refractivity contribution < 1.29 is 14.7 Å². The molecular formula is C15H18N2O3. The van der Waals surface area contributed by atoms with Crippen LogP contribution in [0.15, 0.2) is 24.3 Å². The number of nitrogens with one attached hydrogen (secondary N) is 1. The lowest BCUT2D eigenvalue weighted by Crippen LogP contribution is -2.52. The third-order valence-corrected chi connectivity index (χ3v) is 4.20. The molecule has 2 aliphatic heterocycles. The fraction of sp³-hybridized carbons (Fsp3) is 0.467. The monoisotopic (exact) mass is 274 g/mol. The lowest BCUT2D eigenvalue weighted by molar-refractivity contribution is -0.149. The zero-order valence-corrected chi connectivity index (χ0v) is 11.2. The second-order valence-corrected chi connectivity index (χ2v) is 5.43. The van der Waals surface area contributed by atoms with E-state index in [1.165, 1.54) is 16.0 Å². The fourth-order valence-corrected chi connectivity index (χ4v) is 3.12. The van der Waals surface area contributed by atoms with Crippen LogP contribution in [-0.4, -0.2) is 40.5 Å². The van der Waals surface area contributed by atoms with Crippen LogP contribution in [0.2, 0.25) is 0 Å². The van der Waals surface area contributed by atoms with E-state index < -0.39 is 12.0 Å². The van der Waals surface area contributed by atoms with Crippen LogP contribution in [0.1, 0.15) is 24.0 Å². The van der Waals surface area contributed by atoms with E-state index in [2.05, 4.69) is 11.4 Å². The van der Waals surface area contributed by atoms with Gasteiger partial charge in [-0.2, -0.15) is 0 Å². The van der Waals surface area contributed by atoms with Crippen molar-refractivity contribution in [3.05, 3.63) is 35.4 Å². The number of hydrogen-bond acceptors (Lipinski definition) is 3. The Hall–Kier alpha value is -1.88. The van der Waals surface area contributed by atoms with E-state index in [4.69, 9.17) is 0 Å². The molecule has 1 saturated heterocycles. The molecule has 0 aromatic heterocycles. The van der Waals surface area contributed by atoms with E-state index in [9.17, 15) is 14.7 Å². The van der Waals surface area contributed by atoms with Crippen LogP contribution in [0, 0.1) is 0 Å². The first-order chi connectivity index (χ1) is 9.66. The molecule has 0 saturated carbocycles. The van der Waals surface area contributed by atoms with Gasteiger partial charge in [0.05, 0.1) is 6.04 Å². The quantitative estimate of drug-likeness (QED) is 0.836. The van der Waals surface area contributed by atoms with Gasteiger partial charge >= 0.3 is 5.97 Å². The van der Waals surface area contributed by atoms with Gasteiger partial charge in [-0.15, -0.1) is 0 Å². The van der Waals surface area contributed by atoms with E-state index in [0.717, 1.165) is 6.42 Å². The van der Waals surface area contributed by atoms with Gasteiger partial charge in [-0.3, -0.25) is 4.79 Å². The number of fused-ring (bicyclic) bond motifs is 1. The minimum atomic E-state index is -0.896. The number of carbonyl (C=O) groups excluding carboxylic acids is 1. The summed E-state index contributed by atoms with van der Waals surface area (Å²) in [7, 11) is 0. The van der Waals surface area contributed by atoms with Crippen LogP contribution in [0.3, 0.4) is 0 Å². The Labute approximate surface area is 117 Å². The van der Waals surface area contributed by atoms with E-state index >= 15 is 0 Å². The zero-order chi connectivity index (χ0) is 14.1. The molecular weight excluding hydrogens is 256 g/mol. The predicted octanol–water partition coefficient (Wildman–Crippen LogP) is 0.776. The van der Waals surface area contributed by atoms with Crippen molar-refractivity contribution in [3.8, 4) is 0 Å². The van der Waals surface area contributed by atoms with E-state index in [1.54, 1.807) is 0 Å². The van der Waals surface area contributed by atoms with Crippen LogP contribution < -0.4 is 5.32 Å². The van der Waals surface area contributed by atoms with Crippen molar-refractivity contribution in [1.82, 2.24) is 10.2 Å². The molecule has 20 heavy (non-hydrogen) atoms. The van der Waals surface area contributed by atoms with Crippen molar-refractivity contribution in [2.24, 2.45) is 0 Å². The molecule has 2 N–H and O–H groups in total. The van der Waals surface area contributed by atoms with Gasteiger partial charge < -0.3 is 15.3 Å². The van der Waals surface area contributed by atoms with Gasteiger partial charge in [-0.05, 0) is 30.4 Å². The summed E-state index contributed by atoms with van der Waals surface area (Å²) in [5, 5.41) is 12.4. The highest BCUT2D eigenvalue weighted by atomic mass is 16.4. The molecule has 0 spiro atoms. The number of benzene rings is 1. The summed E-state index contributed by atoms with van der Waals surface area (Å²) in [5.74, 6) is -0.975. The minimum absolute atomic E-state index is 0.0793. The second kappa shape index (κ2) is 5.25. The lowest BCUT2D eigenvalue weighted by Gasteiger charge is -2.30. The Morgan fingerprint density at radius 3 is 2.75 bits per heavy atom. The Bertz CT molecular complexity index is 544. The van der Waals surface area contributed by atoms with Crippen molar-refractivity contribution in [2.75, 3.05) is 6.54 Å². The van der Waals surface area contributed by atoms with Crippen molar-refractivity contribution in [3.63, 3.8) is 0 Å². The molecule has 2 aliphatic rings. The van der Waals surface area contributed by atoms with Crippen LogP contribution in [0.5, 0.6) is 0 Å². The SMILES string of the molecule is O=C(O)[C@H]1CCCN1C(=O)[C@H]1Cc2ccccc2CN1. The number of carbonyl (C=O) groups is 2. The van der Waals surface area contributed by atoms with Crippen molar-refractivity contribution in [1.29, 1.82) is 0 Å². The standard InChI is InChI=1S/C15H18N2O3/c18-14(17-7-3-6-13(17)15(19)20)12-8-10-4-1-2-5-11(10)9-16-12/h1-2,4-5,12-13,16H,3,6-9H2,(H,19,20)/t12-,13-/m1/s1. The molecule has 0 radical (unpaired) electrons. The largest absolute Gasteiger partial charge is 0.480 e. The summed E-state index contributed by atoms with van der Waals surface area (Å²) in [6.45, 7) is 1.22. The number of aliphatic carboxylic acids is 1. The average Bonchev–Trinajstić information content (AvgIpc) is 2.95. The summed E-state index contributed by atoms with van der Waals surface area (Å²) in [6, 6.07) is 7.10. The Morgan fingerprint density at radius 1 is 1.25 bits per heavy atom. The van der Waals surface area contributed by atoms with Gasteiger partial charge in [-0.25, -0.2) is 4.79 Å². The molecule has 1 aromatic carbocycles. The number of nitrogens with zero attached hydrogens (tertiary/aromatic N) is 1. The molecule has 2 heterocycles. The van der Waals surface area contributed by atoms with Gasteiger partial charge in [-0.1, -0.05) is 24.3 Å². The third-order valence-electron chi connectivity index (χ3n) is 4.20. The maximum Gasteiger partial charge on any atom is 0.326 e. The maximum atomic E-state index is 12.5. The molecule has 5 heteroatoms. The summed E-state index contributed by atoms with van der Waals surface area (Å²) < 4.78 is 0. The molecule has 3 rings (SSSR count). The molecule has 0 aliphatic carbocycles. The van der Waals surface area contributed by atoms with E-state index in [-0.39, 0.29) is 11.9 Å². The molecule has 2 atom stereocenters. The number of amides is 1. The van der Waals surface area contributed by atoms with E-state index in [0.29, 0.717) is 25.9 Å². The summed E-state index contributed by atoms with van der Waals surface area (Å²) in [6.07, 6.45) is 1.97. The average molecular weight is 274 g/mol. The highest BCUT2D eigenvalue weighted by Gasteiger charge is 2.37. The second-order valence-electron chi connectivity index (χ2n) is 5.43. The van der Waals surface area contributed by atoms with Gasteiger partial charge in [0, 0.05) is 13.1 Å². The molecule has 0 unspecified atom stereocenters. The molecule has 0 bridgehead atoms. The van der Waals surface area contributed by atoms with Crippen LogP contribution in [0.4, 0.5) is 0 Å². The molecule has 1 fully saturated rings. The lowest BCUT2D eigenvalue weighted by atomic mass is 9.95. The number of rotatable bonds is 2. The summed E-state index contributed by atoms with van der Waals surface area (Å²) >= 11 is 0. The normalized spacial score (nSPS) is 25.3. The van der Waals surface area contributed by atoms with Gasteiger partial charge in [0.15, 0.2) is 0 Å². The number of likely N-dealkylation sites (tertiary alicyclic amines) is 1. The number of carboxylic acid groups (broad SMARTS) is 1. The number of carboxylic acids is 1. The van der Waals surface area contributed by atoms with Crippen LogP contribution >= 0.6 is 0 Å². The van der Waals surface area contributed by atoms with Crippen molar-refractivity contribution >= 4 is 11.9 Å². The van der Waals surface area contributed by atoms with Crippen LogP contribution in [-0.2, 0) is 22.6 Å². The maximum absolute atomic E-state index is 12.5.